The smallest absolute Gasteiger partial charge is 0.230 e. The van der Waals surface area contributed by atoms with Crippen molar-refractivity contribution in [1.29, 1.82) is 0 Å². The van der Waals surface area contributed by atoms with Gasteiger partial charge in [0.05, 0.1) is 17.4 Å². The summed E-state index contributed by atoms with van der Waals surface area (Å²) in [5, 5.41) is 0.620. The Labute approximate surface area is 159 Å². The Morgan fingerprint density at radius 1 is 1.15 bits per heavy atom. The standard InChI is InChI=1S/C20H22ClNO3S/c1-22(18-11-12-26(24,25)14-18)20(23)19(13-15-5-3-2-4-6-15)16-7-9-17(21)10-8-16/h2-10,18-19H,11-14H2,1H3. The summed E-state index contributed by atoms with van der Waals surface area (Å²) in [7, 11) is -1.33. The van der Waals surface area contributed by atoms with Crippen molar-refractivity contribution in [2.24, 2.45) is 0 Å². The molecule has 26 heavy (non-hydrogen) atoms. The molecule has 0 bridgehead atoms. The van der Waals surface area contributed by atoms with Crippen LogP contribution in [-0.4, -0.2) is 43.8 Å². The Morgan fingerprint density at radius 2 is 1.81 bits per heavy atom. The van der Waals surface area contributed by atoms with Gasteiger partial charge in [-0.1, -0.05) is 54.1 Å². The molecule has 1 aliphatic heterocycles. The van der Waals surface area contributed by atoms with Crippen LogP contribution in [0.2, 0.25) is 5.02 Å². The van der Waals surface area contributed by atoms with Crippen molar-refractivity contribution in [3.05, 3.63) is 70.7 Å². The molecule has 6 heteroatoms. The van der Waals surface area contributed by atoms with E-state index in [4.69, 9.17) is 11.6 Å². The quantitative estimate of drug-likeness (QED) is 0.785. The van der Waals surface area contributed by atoms with Gasteiger partial charge in [-0.05, 0) is 36.1 Å². The van der Waals surface area contributed by atoms with Crippen molar-refractivity contribution < 1.29 is 13.2 Å². The minimum atomic E-state index is -3.04. The Hall–Kier alpha value is -1.85. The van der Waals surface area contributed by atoms with Gasteiger partial charge in [0.25, 0.3) is 0 Å². The molecule has 0 aliphatic carbocycles. The highest BCUT2D eigenvalue weighted by molar-refractivity contribution is 7.91. The van der Waals surface area contributed by atoms with E-state index >= 15 is 0 Å². The molecule has 3 rings (SSSR count). The highest BCUT2D eigenvalue weighted by atomic mass is 35.5. The van der Waals surface area contributed by atoms with Gasteiger partial charge in [0.1, 0.15) is 0 Å². The molecular formula is C20H22ClNO3S. The molecule has 138 valence electrons. The number of benzene rings is 2. The fourth-order valence-corrected chi connectivity index (χ4v) is 5.30. The van der Waals surface area contributed by atoms with Crippen molar-refractivity contribution in [1.82, 2.24) is 4.90 Å². The topological polar surface area (TPSA) is 54.5 Å². The first-order valence-electron chi connectivity index (χ1n) is 8.62. The Balaban J connectivity index is 1.86. The van der Waals surface area contributed by atoms with Gasteiger partial charge in [-0.2, -0.15) is 0 Å². The maximum absolute atomic E-state index is 13.2. The number of likely N-dealkylation sites (N-methyl/N-ethyl adjacent to an activating group) is 1. The second-order valence-electron chi connectivity index (χ2n) is 6.80. The summed E-state index contributed by atoms with van der Waals surface area (Å²) in [5.41, 5.74) is 1.95. The molecule has 1 fully saturated rings. The van der Waals surface area contributed by atoms with Crippen molar-refractivity contribution >= 4 is 27.3 Å². The lowest BCUT2D eigenvalue weighted by molar-refractivity contribution is -0.133. The predicted octanol–water partition coefficient (Wildman–Crippen LogP) is 3.31. The number of nitrogens with zero attached hydrogens (tertiary/aromatic N) is 1. The number of hydrogen-bond donors (Lipinski definition) is 0. The molecule has 4 nitrogen and oxygen atoms in total. The molecule has 0 aromatic heterocycles. The average Bonchev–Trinajstić information content (AvgIpc) is 3.00. The summed E-state index contributed by atoms with van der Waals surface area (Å²) >= 11 is 5.99. The maximum atomic E-state index is 13.2. The second-order valence-corrected chi connectivity index (χ2v) is 9.47. The summed E-state index contributed by atoms with van der Waals surface area (Å²) in [6.45, 7) is 0. The lowest BCUT2D eigenvalue weighted by Crippen LogP contribution is -2.41. The van der Waals surface area contributed by atoms with E-state index in [2.05, 4.69) is 0 Å². The normalized spacial score (nSPS) is 19.8. The molecule has 0 radical (unpaired) electrons. The maximum Gasteiger partial charge on any atom is 0.230 e. The van der Waals surface area contributed by atoms with Gasteiger partial charge in [0, 0.05) is 18.1 Å². The van der Waals surface area contributed by atoms with Crippen molar-refractivity contribution in [3.8, 4) is 0 Å². The molecule has 1 aliphatic rings. The third-order valence-corrected chi connectivity index (χ3v) is 6.96. The third kappa shape index (κ3) is 4.46. The Bertz CT molecular complexity index is 866. The lowest BCUT2D eigenvalue weighted by atomic mass is 9.90. The second kappa shape index (κ2) is 7.80. The minimum Gasteiger partial charge on any atom is -0.341 e. The van der Waals surface area contributed by atoms with E-state index in [9.17, 15) is 13.2 Å². The molecule has 0 spiro atoms. The largest absolute Gasteiger partial charge is 0.341 e. The van der Waals surface area contributed by atoms with E-state index in [0.717, 1.165) is 11.1 Å². The summed E-state index contributed by atoms with van der Waals surface area (Å²) in [6.07, 6.45) is 1.06. The molecule has 1 amide bonds. The third-order valence-electron chi connectivity index (χ3n) is 4.96. The number of carbonyl (C=O) groups excluding carboxylic acids is 1. The molecule has 0 saturated carbocycles. The van der Waals surface area contributed by atoms with E-state index in [0.29, 0.717) is 17.9 Å². The SMILES string of the molecule is CN(C(=O)C(Cc1ccccc1)c1ccc(Cl)cc1)C1CCS(=O)(=O)C1. The molecular weight excluding hydrogens is 370 g/mol. The van der Waals surface area contributed by atoms with Crippen LogP contribution in [0.3, 0.4) is 0 Å². The van der Waals surface area contributed by atoms with Crippen LogP contribution >= 0.6 is 11.6 Å². The van der Waals surface area contributed by atoms with Crippen LogP contribution in [0, 0.1) is 0 Å². The zero-order valence-electron chi connectivity index (χ0n) is 14.6. The summed E-state index contributed by atoms with van der Waals surface area (Å²) in [4.78, 5) is 14.8. The molecule has 2 aromatic rings. The van der Waals surface area contributed by atoms with Crippen molar-refractivity contribution in [2.75, 3.05) is 18.6 Å². The highest BCUT2D eigenvalue weighted by Gasteiger charge is 2.35. The average molecular weight is 392 g/mol. The number of carbonyl (C=O) groups is 1. The molecule has 1 heterocycles. The molecule has 2 atom stereocenters. The first-order chi connectivity index (χ1) is 12.4. The fraction of sp³-hybridized carbons (Fsp3) is 0.350. The van der Waals surface area contributed by atoms with Crippen LogP contribution in [0.25, 0.3) is 0 Å². The number of halogens is 1. The summed E-state index contributed by atoms with van der Waals surface area (Å²) in [5.74, 6) is -0.228. The van der Waals surface area contributed by atoms with Crippen LogP contribution in [0.5, 0.6) is 0 Å². The first kappa shape index (κ1) is 18.9. The molecule has 0 N–H and O–H groups in total. The molecule has 2 unspecified atom stereocenters. The van der Waals surface area contributed by atoms with Gasteiger partial charge in [-0.3, -0.25) is 4.79 Å². The Kier molecular flexibility index (Phi) is 5.68. The van der Waals surface area contributed by atoms with E-state index in [1.807, 2.05) is 42.5 Å². The molecule has 2 aromatic carbocycles. The van der Waals surface area contributed by atoms with Crippen LogP contribution in [0.4, 0.5) is 0 Å². The van der Waals surface area contributed by atoms with Crippen LogP contribution in [-0.2, 0) is 21.1 Å². The summed E-state index contributed by atoms with van der Waals surface area (Å²) in [6, 6.07) is 16.9. The van der Waals surface area contributed by atoms with E-state index in [1.54, 1.807) is 24.1 Å². The number of hydrogen-bond acceptors (Lipinski definition) is 3. The fourth-order valence-electron chi connectivity index (χ4n) is 3.40. The number of rotatable bonds is 5. The van der Waals surface area contributed by atoms with E-state index < -0.39 is 9.84 Å². The minimum absolute atomic E-state index is 0.0495. The summed E-state index contributed by atoms with van der Waals surface area (Å²) < 4.78 is 23.6. The van der Waals surface area contributed by atoms with Gasteiger partial charge in [0.15, 0.2) is 9.84 Å². The predicted molar refractivity (Wildman–Crippen MR) is 104 cm³/mol. The van der Waals surface area contributed by atoms with E-state index in [-0.39, 0.29) is 29.4 Å². The van der Waals surface area contributed by atoms with Crippen LogP contribution < -0.4 is 0 Å². The van der Waals surface area contributed by atoms with Gasteiger partial charge in [-0.25, -0.2) is 8.42 Å². The van der Waals surface area contributed by atoms with Gasteiger partial charge in [-0.15, -0.1) is 0 Å². The zero-order valence-corrected chi connectivity index (χ0v) is 16.2. The first-order valence-corrected chi connectivity index (χ1v) is 10.8. The van der Waals surface area contributed by atoms with Gasteiger partial charge >= 0.3 is 0 Å². The van der Waals surface area contributed by atoms with E-state index in [1.165, 1.54) is 0 Å². The zero-order chi connectivity index (χ0) is 18.7. The van der Waals surface area contributed by atoms with Gasteiger partial charge in [0.2, 0.25) is 5.91 Å². The van der Waals surface area contributed by atoms with Crippen molar-refractivity contribution in [2.45, 2.75) is 24.8 Å². The molecule has 1 saturated heterocycles. The monoisotopic (exact) mass is 391 g/mol. The highest BCUT2D eigenvalue weighted by Crippen LogP contribution is 2.27. The lowest BCUT2D eigenvalue weighted by Gasteiger charge is -2.28. The van der Waals surface area contributed by atoms with Gasteiger partial charge < -0.3 is 4.90 Å². The number of amides is 1. The number of sulfone groups is 1. The van der Waals surface area contributed by atoms with Crippen LogP contribution in [0.15, 0.2) is 54.6 Å². The van der Waals surface area contributed by atoms with Crippen molar-refractivity contribution in [3.63, 3.8) is 0 Å². The van der Waals surface area contributed by atoms with Crippen LogP contribution in [0.1, 0.15) is 23.5 Å². The Morgan fingerprint density at radius 3 is 2.38 bits per heavy atom.